The molecular weight excluding hydrogens is 389 g/mol. The van der Waals surface area contributed by atoms with Gasteiger partial charge in [0.1, 0.15) is 5.82 Å². The number of fused-ring (bicyclic) bond motifs is 1. The summed E-state index contributed by atoms with van der Waals surface area (Å²) in [6.07, 6.45) is 3.26. The maximum atomic E-state index is 13.9. The number of halogens is 3. The summed E-state index contributed by atoms with van der Waals surface area (Å²) >= 11 is 9.56. The van der Waals surface area contributed by atoms with Crippen LogP contribution in [0.4, 0.5) is 4.39 Å². The number of aromatic nitrogens is 1. The monoisotopic (exact) mass is 407 g/mol. The van der Waals surface area contributed by atoms with E-state index in [0.29, 0.717) is 0 Å². The minimum Gasteiger partial charge on any atom is -0.339 e. The number of hydrogen-bond acceptors (Lipinski definition) is 0. The van der Waals surface area contributed by atoms with Gasteiger partial charge in [-0.15, -0.1) is 0 Å². The lowest BCUT2D eigenvalue weighted by Crippen LogP contribution is -2.05. The van der Waals surface area contributed by atoms with Gasteiger partial charge in [0.2, 0.25) is 0 Å². The van der Waals surface area contributed by atoms with Gasteiger partial charge in [0.05, 0.1) is 5.52 Å². The van der Waals surface area contributed by atoms with Gasteiger partial charge in [0, 0.05) is 27.1 Å². The van der Waals surface area contributed by atoms with Crippen molar-refractivity contribution < 1.29 is 4.39 Å². The minimum absolute atomic E-state index is 0.205. The largest absolute Gasteiger partial charge is 0.339 e. The number of unbranched alkanes of at least 4 members (excludes halogenated alkanes) is 1. The van der Waals surface area contributed by atoms with Crippen LogP contribution in [-0.2, 0) is 13.0 Å². The average molecular weight is 409 g/mol. The van der Waals surface area contributed by atoms with E-state index >= 15 is 0 Å². The Labute approximate surface area is 155 Å². The van der Waals surface area contributed by atoms with Gasteiger partial charge in [-0.25, -0.2) is 4.39 Å². The smallest absolute Gasteiger partial charge is 0.125 e. The summed E-state index contributed by atoms with van der Waals surface area (Å²) in [6.45, 7) is 5.04. The van der Waals surface area contributed by atoms with Crippen LogP contribution in [-0.4, -0.2) is 4.57 Å². The highest BCUT2D eigenvalue weighted by atomic mass is 79.9. The molecule has 0 bridgehead atoms. The first-order valence-electron chi connectivity index (χ1n) is 8.22. The normalized spacial score (nSPS) is 11.4. The second-order valence-corrected chi connectivity index (χ2v) is 7.46. The van der Waals surface area contributed by atoms with Gasteiger partial charge >= 0.3 is 0 Å². The van der Waals surface area contributed by atoms with Crippen LogP contribution in [0.1, 0.15) is 36.6 Å². The summed E-state index contributed by atoms with van der Waals surface area (Å²) in [5.74, 6) is -0.205. The molecule has 0 aliphatic carbocycles. The van der Waals surface area contributed by atoms with Gasteiger partial charge in [-0.1, -0.05) is 37.1 Å². The Morgan fingerprint density at radius 1 is 1.17 bits per heavy atom. The van der Waals surface area contributed by atoms with Crippen molar-refractivity contribution in [1.82, 2.24) is 4.57 Å². The lowest BCUT2D eigenvalue weighted by Gasteiger charge is -2.13. The number of benzene rings is 2. The van der Waals surface area contributed by atoms with Crippen LogP contribution in [0.5, 0.6) is 0 Å². The topological polar surface area (TPSA) is 4.93 Å². The number of rotatable bonds is 5. The van der Waals surface area contributed by atoms with E-state index in [-0.39, 0.29) is 5.82 Å². The first kappa shape index (κ1) is 17.5. The fourth-order valence-corrected chi connectivity index (χ4v) is 4.00. The first-order chi connectivity index (χ1) is 11.5. The second kappa shape index (κ2) is 7.28. The lowest BCUT2D eigenvalue weighted by atomic mass is 10.1. The molecule has 0 saturated carbocycles. The maximum absolute atomic E-state index is 13.9. The van der Waals surface area contributed by atoms with Crippen molar-refractivity contribution in [2.24, 2.45) is 0 Å². The fourth-order valence-electron chi connectivity index (χ4n) is 3.23. The summed E-state index contributed by atoms with van der Waals surface area (Å²) in [7, 11) is 0. The summed E-state index contributed by atoms with van der Waals surface area (Å²) in [5, 5.41) is 1.73. The van der Waals surface area contributed by atoms with E-state index in [9.17, 15) is 4.39 Å². The van der Waals surface area contributed by atoms with Crippen molar-refractivity contribution in [1.29, 1.82) is 0 Å². The SMILES string of the molecule is CCCCc1c(C)c2cc(F)cc(Br)c2n1Cc1ccc(Cl)cc1. The van der Waals surface area contributed by atoms with Gasteiger partial charge in [-0.05, 0) is 71.1 Å². The van der Waals surface area contributed by atoms with Gasteiger partial charge in [0.15, 0.2) is 0 Å². The van der Waals surface area contributed by atoms with Crippen LogP contribution < -0.4 is 0 Å². The Bertz CT molecular complexity index is 868. The third kappa shape index (κ3) is 3.38. The van der Waals surface area contributed by atoms with Gasteiger partial charge in [-0.3, -0.25) is 0 Å². The standard InChI is InChI=1S/C20H20BrClFN/c1-3-4-5-19-13(2)17-10-16(23)11-18(21)20(17)24(19)12-14-6-8-15(22)9-7-14/h6-11H,3-5,12H2,1-2H3. The Kier molecular flexibility index (Phi) is 5.31. The van der Waals surface area contributed by atoms with Crippen LogP contribution in [0.2, 0.25) is 5.02 Å². The molecule has 0 fully saturated rings. The Balaban J connectivity index is 2.17. The zero-order chi connectivity index (χ0) is 17.3. The highest BCUT2D eigenvalue weighted by Gasteiger charge is 2.17. The maximum Gasteiger partial charge on any atom is 0.125 e. The highest BCUT2D eigenvalue weighted by molar-refractivity contribution is 9.10. The van der Waals surface area contributed by atoms with Gasteiger partial charge < -0.3 is 4.57 Å². The van der Waals surface area contributed by atoms with E-state index in [0.717, 1.165) is 46.2 Å². The highest BCUT2D eigenvalue weighted by Crippen LogP contribution is 2.34. The molecule has 3 rings (SSSR count). The molecule has 3 aromatic rings. The molecule has 0 atom stereocenters. The molecule has 0 N–H and O–H groups in total. The predicted octanol–water partition coefficient (Wildman–Crippen LogP) is 6.90. The number of hydrogen-bond donors (Lipinski definition) is 0. The summed E-state index contributed by atoms with van der Waals surface area (Å²) in [5.41, 5.74) is 4.71. The number of aryl methyl sites for hydroxylation is 1. The molecule has 0 aliphatic heterocycles. The second-order valence-electron chi connectivity index (χ2n) is 6.17. The Hall–Kier alpha value is -1.32. The van der Waals surface area contributed by atoms with E-state index in [4.69, 9.17) is 11.6 Å². The van der Waals surface area contributed by atoms with Crippen LogP contribution in [0.15, 0.2) is 40.9 Å². The van der Waals surface area contributed by atoms with Crippen molar-refractivity contribution in [3.8, 4) is 0 Å². The molecule has 0 radical (unpaired) electrons. The van der Waals surface area contributed by atoms with Crippen LogP contribution >= 0.6 is 27.5 Å². The van der Waals surface area contributed by atoms with E-state index in [2.05, 4.69) is 34.3 Å². The first-order valence-corrected chi connectivity index (χ1v) is 9.39. The van der Waals surface area contributed by atoms with Gasteiger partial charge in [0.25, 0.3) is 0 Å². The van der Waals surface area contributed by atoms with Crippen LogP contribution in [0, 0.1) is 12.7 Å². The third-order valence-corrected chi connectivity index (χ3v) is 5.34. The number of nitrogens with zero attached hydrogens (tertiary/aromatic N) is 1. The van der Waals surface area contributed by atoms with E-state index in [1.54, 1.807) is 12.1 Å². The quantitative estimate of drug-likeness (QED) is 0.433. The molecule has 0 amide bonds. The van der Waals surface area contributed by atoms with Crippen molar-refractivity contribution in [2.45, 2.75) is 39.7 Å². The molecule has 0 unspecified atom stereocenters. The minimum atomic E-state index is -0.205. The van der Waals surface area contributed by atoms with Crippen LogP contribution in [0.25, 0.3) is 10.9 Å². The molecule has 24 heavy (non-hydrogen) atoms. The molecule has 1 heterocycles. The molecule has 2 aromatic carbocycles. The van der Waals surface area contributed by atoms with Crippen molar-refractivity contribution in [3.63, 3.8) is 0 Å². The molecule has 1 aromatic heterocycles. The average Bonchev–Trinajstić information content (AvgIpc) is 2.80. The lowest BCUT2D eigenvalue weighted by molar-refractivity contribution is 0.628. The van der Waals surface area contributed by atoms with Crippen molar-refractivity contribution >= 4 is 38.4 Å². The van der Waals surface area contributed by atoms with E-state index < -0.39 is 0 Å². The summed E-state index contributed by atoms with van der Waals surface area (Å²) in [6, 6.07) is 11.1. The van der Waals surface area contributed by atoms with E-state index in [1.165, 1.54) is 16.8 Å². The molecule has 0 saturated heterocycles. The molecular formula is C20H20BrClFN. The van der Waals surface area contributed by atoms with Crippen molar-refractivity contribution in [3.05, 3.63) is 68.5 Å². The molecule has 126 valence electrons. The van der Waals surface area contributed by atoms with E-state index in [1.807, 2.05) is 24.3 Å². The zero-order valence-corrected chi connectivity index (χ0v) is 16.2. The summed E-state index contributed by atoms with van der Waals surface area (Å²) in [4.78, 5) is 0. The molecule has 0 spiro atoms. The van der Waals surface area contributed by atoms with Gasteiger partial charge in [-0.2, -0.15) is 0 Å². The third-order valence-electron chi connectivity index (χ3n) is 4.48. The van der Waals surface area contributed by atoms with Crippen molar-refractivity contribution in [2.75, 3.05) is 0 Å². The summed E-state index contributed by atoms with van der Waals surface area (Å²) < 4.78 is 17.0. The fraction of sp³-hybridized carbons (Fsp3) is 0.300. The zero-order valence-electron chi connectivity index (χ0n) is 13.9. The molecule has 0 aliphatic rings. The van der Waals surface area contributed by atoms with Crippen LogP contribution in [0.3, 0.4) is 0 Å². The molecule has 1 nitrogen and oxygen atoms in total. The molecule has 4 heteroatoms. The Morgan fingerprint density at radius 2 is 1.88 bits per heavy atom. The Morgan fingerprint density at radius 3 is 2.54 bits per heavy atom. The predicted molar refractivity (Wildman–Crippen MR) is 103 cm³/mol.